The number of pyridine rings is 1. The third kappa shape index (κ3) is 4.83. The van der Waals surface area contributed by atoms with Gasteiger partial charge in [0.1, 0.15) is 5.82 Å². The summed E-state index contributed by atoms with van der Waals surface area (Å²) in [7, 11) is -3.44. The highest BCUT2D eigenvalue weighted by molar-refractivity contribution is 7.92. The van der Waals surface area contributed by atoms with Gasteiger partial charge in [-0.25, -0.2) is 12.8 Å². The number of halogens is 1. The number of nitrogens with one attached hydrogen (secondary N) is 2. The predicted molar refractivity (Wildman–Crippen MR) is 113 cm³/mol. The van der Waals surface area contributed by atoms with Gasteiger partial charge in [0.05, 0.1) is 5.75 Å². The van der Waals surface area contributed by atoms with Crippen molar-refractivity contribution in [3.63, 3.8) is 0 Å². The fraction of sp³-hybridized carbons (Fsp3) is 0.190. The molecule has 0 aliphatic heterocycles. The second kappa shape index (κ2) is 8.08. The van der Waals surface area contributed by atoms with Crippen molar-refractivity contribution in [2.24, 2.45) is 0 Å². The van der Waals surface area contributed by atoms with Crippen molar-refractivity contribution >= 4 is 27.1 Å². The molecule has 8 heteroatoms. The molecule has 0 aliphatic carbocycles. The molecule has 152 valence electrons. The first-order valence-corrected chi connectivity index (χ1v) is 10.7. The topological polar surface area (TPSA) is 85.1 Å². The van der Waals surface area contributed by atoms with E-state index in [0.29, 0.717) is 34.0 Å². The summed E-state index contributed by atoms with van der Waals surface area (Å²) in [6, 6.07) is 14.5. The molecule has 1 heterocycles. The highest BCUT2D eigenvalue weighted by Crippen LogP contribution is 2.33. The quantitative estimate of drug-likeness (QED) is 0.466. The van der Waals surface area contributed by atoms with E-state index in [1.807, 2.05) is 0 Å². The molecule has 0 atom stereocenters. The molecule has 6 nitrogen and oxygen atoms in total. The maximum atomic E-state index is 13.2. The predicted octanol–water partition coefficient (Wildman–Crippen LogP) is 4.25. The zero-order valence-corrected chi connectivity index (χ0v) is 17.2. The van der Waals surface area contributed by atoms with Crippen molar-refractivity contribution < 1.29 is 17.5 Å². The first-order chi connectivity index (χ1) is 13.7. The lowest BCUT2D eigenvalue weighted by Crippen LogP contribution is -2.33. The van der Waals surface area contributed by atoms with Crippen molar-refractivity contribution in [1.82, 2.24) is 0 Å². The van der Waals surface area contributed by atoms with Gasteiger partial charge in [0.25, 0.3) is 0 Å². The molecule has 0 amide bonds. The van der Waals surface area contributed by atoms with Gasteiger partial charge in [-0.05, 0) is 55.0 Å². The number of anilines is 3. The summed E-state index contributed by atoms with van der Waals surface area (Å²) < 4.78 is 40.5. The molecule has 3 rings (SSSR count). The molecule has 3 aromatic rings. The lowest BCUT2D eigenvalue weighted by Gasteiger charge is -2.16. The minimum Gasteiger partial charge on any atom is -0.618 e. The Hall–Kier alpha value is -3.13. The van der Waals surface area contributed by atoms with E-state index in [-0.39, 0.29) is 11.6 Å². The Kier molecular flexibility index (Phi) is 5.74. The third-order valence-corrected chi connectivity index (χ3v) is 5.78. The van der Waals surface area contributed by atoms with Crippen LogP contribution in [-0.2, 0) is 10.0 Å². The molecule has 0 saturated carbocycles. The van der Waals surface area contributed by atoms with Gasteiger partial charge in [-0.15, -0.1) is 0 Å². The van der Waals surface area contributed by atoms with E-state index < -0.39 is 10.0 Å². The maximum Gasteiger partial charge on any atom is 0.232 e. The van der Waals surface area contributed by atoms with Gasteiger partial charge >= 0.3 is 0 Å². The van der Waals surface area contributed by atoms with Crippen molar-refractivity contribution in [2.75, 3.05) is 15.8 Å². The molecule has 0 fully saturated rings. The van der Waals surface area contributed by atoms with E-state index in [1.165, 1.54) is 12.1 Å². The summed E-state index contributed by atoms with van der Waals surface area (Å²) in [5.41, 5.74) is 4.29. The maximum absolute atomic E-state index is 13.2. The Morgan fingerprint density at radius 2 is 1.55 bits per heavy atom. The average Bonchev–Trinajstić information content (AvgIpc) is 2.68. The molecular formula is C21H22FN3O3S. The van der Waals surface area contributed by atoms with E-state index in [9.17, 15) is 18.0 Å². The molecule has 2 aromatic carbocycles. The average molecular weight is 415 g/mol. The molecule has 0 radical (unpaired) electrons. The van der Waals surface area contributed by atoms with Crippen LogP contribution in [-0.4, -0.2) is 14.2 Å². The molecule has 0 bridgehead atoms. The molecule has 0 unspecified atom stereocenters. The Morgan fingerprint density at radius 3 is 2.14 bits per heavy atom. The minimum atomic E-state index is -3.44. The molecule has 2 N–H and O–H groups in total. The van der Waals surface area contributed by atoms with Gasteiger partial charge < -0.3 is 10.5 Å². The molecular weight excluding hydrogens is 393 g/mol. The Balaban J connectivity index is 2.11. The van der Waals surface area contributed by atoms with Crippen molar-refractivity contribution in [2.45, 2.75) is 20.8 Å². The van der Waals surface area contributed by atoms with Gasteiger partial charge in [0.2, 0.25) is 10.0 Å². The molecule has 0 spiro atoms. The fourth-order valence-electron chi connectivity index (χ4n) is 2.94. The van der Waals surface area contributed by atoms with Crippen LogP contribution in [0.4, 0.5) is 21.5 Å². The Labute approximate surface area is 169 Å². The SMILES string of the molecule is CCS(=O)(=O)Nc1ccc(Nc2ccc(F)cc2)c(-c2cc(C)[n+]([O-])c(C)c2)c1. The molecule has 0 aliphatic rings. The fourth-order valence-corrected chi connectivity index (χ4v) is 3.57. The summed E-state index contributed by atoms with van der Waals surface area (Å²) in [6.07, 6.45) is 0. The zero-order valence-electron chi connectivity index (χ0n) is 16.4. The standard InChI is InChI=1S/C21H22FN3O3S/c1-4-29(27,28)24-19-9-10-21(23-18-7-5-17(22)6-8-18)20(13-19)16-11-14(2)25(26)15(3)12-16/h5-13,23-24H,4H2,1-3H3. The number of aromatic nitrogens is 1. The van der Waals surface area contributed by atoms with Gasteiger partial charge in [0, 0.05) is 48.6 Å². The van der Waals surface area contributed by atoms with Gasteiger partial charge in [-0.3, -0.25) is 4.72 Å². The van der Waals surface area contributed by atoms with Gasteiger partial charge in [-0.1, -0.05) is 0 Å². The number of sulfonamides is 1. The van der Waals surface area contributed by atoms with Crippen LogP contribution in [0, 0.1) is 24.9 Å². The first-order valence-electron chi connectivity index (χ1n) is 9.07. The summed E-state index contributed by atoms with van der Waals surface area (Å²) in [5, 5.41) is 15.3. The zero-order chi connectivity index (χ0) is 21.2. The second-order valence-electron chi connectivity index (χ2n) is 6.72. The van der Waals surface area contributed by atoms with E-state index in [2.05, 4.69) is 10.0 Å². The molecule has 0 saturated heterocycles. The van der Waals surface area contributed by atoms with Crippen molar-refractivity contribution in [1.29, 1.82) is 0 Å². The minimum absolute atomic E-state index is 0.0440. The van der Waals surface area contributed by atoms with E-state index in [0.717, 1.165) is 10.3 Å². The van der Waals surface area contributed by atoms with Crippen LogP contribution in [0.15, 0.2) is 54.6 Å². The van der Waals surface area contributed by atoms with E-state index in [4.69, 9.17) is 0 Å². The molecule has 29 heavy (non-hydrogen) atoms. The normalized spacial score (nSPS) is 11.3. The van der Waals surface area contributed by atoms with Crippen LogP contribution < -0.4 is 14.8 Å². The van der Waals surface area contributed by atoms with Crippen LogP contribution in [0.5, 0.6) is 0 Å². The highest BCUT2D eigenvalue weighted by atomic mass is 32.2. The Morgan fingerprint density at radius 1 is 0.966 bits per heavy atom. The number of aryl methyl sites for hydroxylation is 2. The molecule has 1 aromatic heterocycles. The van der Waals surface area contributed by atoms with Crippen LogP contribution in [0.25, 0.3) is 11.1 Å². The largest absolute Gasteiger partial charge is 0.618 e. The highest BCUT2D eigenvalue weighted by Gasteiger charge is 2.15. The number of hydrogen-bond acceptors (Lipinski definition) is 4. The monoisotopic (exact) mass is 415 g/mol. The lowest BCUT2D eigenvalue weighted by molar-refractivity contribution is -0.619. The van der Waals surface area contributed by atoms with Crippen LogP contribution in [0.2, 0.25) is 0 Å². The van der Waals surface area contributed by atoms with Crippen LogP contribution >= 0.6 is 0 Å². The summed E-state index contributed by atoms with van der Waals surface area (Å²) >= 11 is 0. The third-order valence-electron chi connectivity index (χ3n) is 4.48. The number of benzene rings is 2. The summed E-state index contributed by atoms with van der Waals surface area (Å²) in [4.78, 5) is 0. The van der Waals surface area contributed by atoms with Gasteiger partial charge in [0.15, 0.2) is 11.4 Å². The lowest BCUT2D eigenvalue weighted by atomic mass is 10.0. The van der Waals surface area contributed by atoms with Crippen molar-refractivity contribution in [3.8, 4) is 11.1 Å². The number of nitrogens with zero attached hydrogens (tertiary/aromatic N) is 1. The Bertz CT molecular complexity index is 1120. The van der Waals surface area contributed by atoms with Crippen LogP contribution in [0.1, 0.15) is 18.3 Å². The van der Waals surface area contributed by atoms with E-state index in [1.54, 1.807) is 63.2 Å². The second-order valence-corrected chi connectivity index (χ2v) is 8.73. The van der Waals surface area contributed by atoms with Crippen LogP contribution in [0.3, 0.4) is 0 Å². The summed E-state index contributed by atoms with van der Waals surface area (Å²) in [5.74, 6) is -0.383. The number of hydrogen-bond donors (Lipinski definition) is 2. The smallest absolute Gasteiger partial charge is 0.232 e. The van der Waals surface area contributed by atoms with Gasteiger partial charge in [-0.2, -0.15) is 4.73 Å². The number of rotatable bonds is 6. The van der Waals surface area contributed by atoms with Crippen molar-refractivity contribution in [3.05, 3.63) is 77.0 Å². The van der Waals surface area contributed by atoms with E-state index >= 15 is 0 Å². The first kappa shape index (κ1) is 20.6. The summed E-state index contributed by atoms with van der Waals surface area (Å²) in [6.45, 7) is 4.98.